The molecule has 3 rings (SSSR count). The molecule has 0 spiro atoms. The molecule has 2 aromatic carbocycles. The SMILES string of the molecule is O=C(NNC(=O)[C@@H]1CC(=O)N(c2ccc(Cl)cc2)C1)c1cccc([N+](=O)[O-])c1. The second kappa shape index (κ2) is 8.05. The Labute approximate surface area is 164 Å². The van der Waals surface area contributed by atoms with Crippen LogP contribution in [-0.2, 0) is 9.59 Å². The van der Waals surface area contributed by atoms with Crippen molar-refractivity contribution in [3.63, 3.8) is 0 Å². The molecule has 0 aromatic heterocycles. The number of hydrazine groups is 1. The highest BCUT2D eigenvalue weighted by Crippen LogP contribution is 2.26. The molecule has 1 fully saturated rings. The van der Waals surface area contributed by atoms with Gasteiger partial charge in [-0.2, -0.15) is 0 Å². The Kier molecular flexibility index (Phi) is 5.55. The summed E-state index contributed by atoms with van der Waals surface area (Å²) in [5.41, 5.74) is 4.90. The van der Waals surface area contributed by atoms with Crippen molar-refractivity contribution in [1.29, 1.82) is 0 Å². The molecule has 0 radical (unpaired) electrons. The fourth-order valence-electron chi connectivity index (χ4n) is 2.81. The van der Waals surface area contributed by atoms with Crippen LogP contribution in [0.15, 0.2) is 48.5 Å². The van der Waals surface area contributed by atoms with Crippen LogP contribution in [0.25, 0.3) is 0 Å². The molecule has 0 aliphatic carbocycles. The van der Waals surface area contributed by atoms with Crippen LogP contribution in [0.3, 0.4) is 0 Å². The summed E-state index contributed by atoms with van der Waals surface area (Å²) in [5.74, 6) is -2.08. The molecule has 0 saturated carbocycles. The summed E-state index contributed by atoms with van der Waals surface area (Å²) in [6.07, 6.45) is 0.00113. The first-order valence-corrected chi connectivity index (χ1v) is 8.63. The molecule has 2 N–H and O–H groups in total. The minimum absolute atomic E-state index is 0.00113. The lowest BCUT2D eigenvalue weighted by Gasteiger charge is -2.17. The van der Waals surface area contributed by atoms with Crippen molar-refractivity contribution in [3.8, 4) is 0 Å². The summed E-state index contributed by atoms with van der Waals surface area (Å²) in [6, 6.07) is 11.8. The van der Waals surface area contributed by atoms with Gasteiger partial charge >= 0.3 is 0 Å². The van der Waals surface area contributed by atoms with Gasteiger partial charge in [-0.1, -0.05) is 17.7 Å². The number of nitrogens with one attached hydrogen (secondary N) is 2. The number of rotatable bonds is 4. The summed E-state index contributed by atoms with van der Waals surface area (Å²) >= 11 is 5.84. The van der Waals surface area contributed by atoms with E-state index in [4.69, 9.17) is 11.6 Å². The monoisotopic (exact) mass is 402 g/mol. The zero-order chi connectivity index (χ0) is 20.3. The molecular weight excluding hydrogens is 388 g/mol. The predicted octanol–water partition coefficient (Wildman–Crippen LogP) is 2.06. The Morgan fingerprint density at radius 3 is 2.54 bits per heavy atom. The average molecular weight is 403 g/mol. The number of carbonyl (C=O) groups is 3. The van der Waals surface area contributed by atoms with Crippen LogP contribution in [0, 0.1) is 16.0 Å². The van der Waals surface area contributed by atoms with E-state index in [9.17, 15) is 24.5 Å². The van der Waals surface area contributed by atoms with Crippen LogP contribution in [0.2, 0.25) is 5.02 Å². The van der Waals surface area contributed by atoms with Gasteiger partial charge in [-0.15, -0.1) is 0 Å². The smallest absolute Gasteiger partial charge is 0.270 e. The zero-order valence-corrected chi connectivity index (χ0v) is 15.2. The van der Waals surface area contributed by atoms with Gasteiger partial charge in [-0.05, 0) is 30.3 Å². The molecule has 2 aromatic rings. The number of nitro groups is 1. The van der Waals surface area contributed by atoms with Gasteiger partial charge in [-0.25, -0.2) is 0 Å². The van der Waals surface area contributed by atoms with E-state index in [2.05, 4.69) is 10.9 Å². The Balaban J connectivity index is 1.59. The lowest BCUT2D eigenvalue weighted by atomic mass is 10.1. The molecule has 0 bridgehead atoms. The van der Waals surface area contributed by atoms with Crippen LogP contribution in [0.5, 0.6) is 0 Å². The van der Waals surface area contributed by atoms with Crippen molar-refractivity contribution in [2.24, 2.45) is 5.92 Å². The van der Waals surface area contributed by atoms with Crippen molar-refractivity contribution < 1.29 is 19.3 Å². The van der Waals surface area contributed by atoms with Crippen LogP contribution < -0.4 is 15.8 Å². The molecular formula is C18H15ClN4O5. The van der Waals surface area contributed by atoms with Crippen LogP contribution >= 0.6 is 11.6 Å². The minimum Gasteiger partial charge on any atom is -0.312 e. The maximum Gasteiger partial charge on any atom is 0.270 e. The first-order chi connectivity index (χ1) is 13.3. The van der Waals surface area contributed by atoms with E-state index >= 15 is 0 Å². The zero-order valence-electron chi connectivity index (χ0n) is 14.4. The average Bonchev–Trinajstić information content (AvgIpc) is 3.08. The van der Waals surface area contributed by atoms with Crippen molar-refractivity contribution >= 4 is 40.7 Å². The number of nitro benzene ring substituents is 1. The van der Waals surface area contributed by atoms with Gasteiger partial charge in [0.15, 0.2) is 0 Å². The first kappa shape index (κ1) is 19.3. The molecule has 28 heavy (non-hydrogen) atoms. The third-order valence-electron chi connectivity index (χ3n) is 4.25. The van der Waals surface area contributed by atoms with E-state index in [1.54, 1.807) is 24.3 Å². The van der Waals surface area contributed by atoms with E-state index in [1.165, 1.54) is 23.1 Å². The summed E-state index contributed by atoms with van der Waals surface area (Å²) in [7, 11) is 0. The maximum atomic E-state index is 12.3. The van der Waals surface area contributed by atoms with Crippen molar-refractivity contribution in [2.45, 2.75) is 6.42 Å². The number of amides is 3. The van der Waals surface area contributed by atoms with E-state index in [-0.39, 0.29) is 30.1 Å². The number of anilines is 1. The molecule has 1 atom stereocenters. The largest absolute Gasteiger partial charge is 0.312 e. The van der Waals surface area contributed by atoms with Gasteiger partial charge in [0.05, 0.1) is 10.8 Å². The third kappa shape index (κ3) is 4.26. The van der Waals surface area contributed by atoms with E-state index in [0.717, 1.165) is 6.07 Å². The molecule has 144 valence electrons. The summed E-state index contributed by atoms with van der Waals surface area (Å²) < 4.78 is 0. The molecule has 1 aliphatic heterocycles. The highest BCUT2D eigenvalue weighted by Gasteiger charge is 2.35. The first-order valence-electron chi connectivity index (χ1n) is 8.26. The molecule has 3 amide bonds. The summed E-state index contributed by atoms with van der Waals surface area (Å²) in [6.45, 7) is 0.166. The molecule has 1 saturated heterocycles. The number of hydrogen-bond acceptors (Lipinski definition) is 5. The van der Waals surface area contributed by atoms with Crippen molar-refractivity contribution in [3.05, 3.63) is 69.2 Å². The number of hydrogen-bond donors (Lipinski definition) is 2. The highest BCUT2D eigenvalue weighted by atomic mass is 35.5. The molecule has 10 heteroatoms. The Bertz CT molecular complexity index is 947. The number of non-ortho nitro benzene ring substituents is 1. The number of halogens is 1. The van der Waals surface area contributed by atoms with Gasteiger partial charge < -0.3 is 4.90 Å². The lowest BCUT2D eigenvalue weighted by Crippen LogP contribution is -2.45. The summed E-state index contributed by atoms with van der Waals surface area (Å²) in [4.78, 5) is 48.2. The standard InChI is InChI=1S/C18H15ClN4O5/c19-13-4-6-14(7-5-13)22-10-12(9-16(22)24)18(26)21-20-17(25)11-2-1-3-15(8-11)23(27)28/h1-8,12H,9-10H2,(H,20,25)(H,21,26)/t12-/m1/s1. The normalized spacial score (nSPS) is 16.0. The lowest BCUT2D eigenvalue weighted by molar-refractivity contribution is -0.384. The van der Waals surface area contributed by atoms with E-state index < -0.39 is 22.7 Å². The van der Waals surface area contributed by atoms with Gasteiger partial charge in [0.2, 0.25) is 11.8 Å². The third-order valence-corrected chi connectivity index (χ3v) is 4.50. The van der Waals surface area contributed by atoms with Gasteiger partial charge in [-0.3, -0.25) is 35.3 Å². The van der Waals surface area contributed by atoms with Crippen LogP contribution in [0.1, 0.15) is 16.8 Å². The Hall–Kier alpha value is -3.46. The maximum absolute atomic E-state index is 12.3. The van der Waals surface area contributed by atoms with Crippen LogP contribution in [-0.4, -0.2) is 29.2 Å². The molecule has 1 heterocycles. The summed E-state index contributed by atoms with van der Waals surface area (Å²) in [5, 5.41) is 11.3. The number of benzene rings is 2. The quantitative estimate of drug-likeness (QED) is 0.598. The predicted molar refractivity (Wildman–Crippen MR) is 101 cm³/mol. The van der Waals surface area contributed by atoms with Gasteiger partial charge in [0.1, 0.15) is 0 Å². The highest BCUT2D eigenvalue weighted by molar-refractivity contribution is 6.30. The second-order valence-corrected chi connectivity index (χ2v) is 6.57. The second-order valence-electron chi connectivity index (χ2n) is 6.13. The molecule has 9 nitrogen and oxygen atoms in total. The topological polar surface area (TPSA) is 122 Å². The molecule has 0 unspecified atom stereocenters. The van der Waals surface area contributed by atoms with Crippen molar-refractivity contribution in [2.75, 3.05) is 11.4 Å². The van der Waals surface area contributed by atoms with Crippen molar-refractivity contribution in [1.82, 2.24) is 10.9 Å². The van der Waals surface area contributed by atoms with E-state index in [1.807, 2.05) is 0 Å². The fraction of sp³-hybridized carbons (Fsp3) is 0.167. The van der Waals surface area contributed by atoms with E-state index in [0.29, 0.717) is 10.7 Å². The molecule has 1 aliphatic rings. The Morgan fingerprint density at radius 2 is 1.86 bits per heavy atom. The fourth-order valence-corrected chi connectivity index (χ4v) is 2.93. The Morgan fingerprint density at radius 1 is 1.14 bits per heavy atom. The van der Waals surface area contributed by atoms with Crippen LogP contribution in [0.4, 0.5) is 11.4 Å². The number of nitrogens with zero attached hydrogens (tertiary/aromatic N) is 2. The van der Waals surface area contributed by atoms with Gasteiger partial charge in [0.25, 0.3) is 11.6 Å². The van der Waals surface area contributed by atoms with Gasteiger partial charge in [0, 0.05) is 41.4 Å². The minimum atomic E-state index is -0.698. The number of carbonyl (C=O) groups excluding carboxylic acids is 3.